The molecule has 0 amide bonds. The summed E-state index contributed by atoms with van der Waals surface area (Å²) in [5.41, 5.74) is 1.12. The van der Waals surface area contributed by atoms with E-state index in [4.69, 9.17) is 9.47 Å². The molecule has 130 valence electrons. The number of ether oxygens (including phenoxy) is 2. The van der Waals surface area contributed by atoms with Crippen LogP contribution in [-0.2, 0) is 7.05 Å². The van der Waals surface area contributed by atoms with E-state index in [9.17, 15) is 0 Å². The van der Waals surface area contributed by atoms with Crippen molar-refractivity contribution < 1.29 is 9.47 Å². The quantitative estimate of drug-likeness (QED) is 0.882. The van der Waals surface area contributed by atoms with Crippen molar-refractivity contribution >= 4 is 0 Å². The van der Waals surface area contributed by atoms with Gasteiger partial charge in [0.1, 0.15) is 17.3 Å². The summed E-state index contributed by atoms with van der Waals surface area (Å²) in [6.45, 7) is 0. The molecule has 5 nitrogen and oxygen atoms in total. The first-order chi connectivity index (χ1) is 11.7. The van der Waals surface area contributed by atoms with Crippen LogP contribution in [0.3, 0.4) is 0 Å². The smallest absolute Gasteiger partial charge is 0.130 e. The highest BCUT2D eigenvalue weighted by Crippen LogP contribution is 2.31. The molecule has 1 heterocycles. The largest absolute Gasteiger partial charge is 0.497 e. The molecule has 1 aliphatic rings. The molecule has 5 heteroatoms. The van der Waals surface area contributed by atoms with Gasteiger partial charge in [0.15, 0.2) is 0 Å². The Morgan fingerprint density at radius 3 is 2.29 bits per heavy atom. The first-order valence-electron chi connectivity index (χ1n) is 8.67. The predicted octanol–water partition coefficient (Wildman–Crippen LogP) is 3.45. The van der Waals surface area contributed by atoms with Gasteiger partial charge >= 0.3 is 0 Å². The Morgan fingerprint density at radius 2 is 1.75 bits per heavy atom. The van der Waals surface area contributed by atoms with Crippen molar-refractivity contribution in [2.45, 2.75) is 44.2 Å². The van der Waals surface area contributed by atoms with Crippen molar-refractivity contribution in [2.24, 2.45) is 7.05 Å². The van der Waals surface area contributed by atoms with Crippen LogP contribution in [0.2, 0.25) is 0 Å². The average molecular weight is 329 g/mol. The van der Waals surface area contributed by atoms with Crippen LogP contribution in [0.25, 0.3) is 0 Å². The fraction of sp³-hybridized carbons (Fsp3) is 0.526. The SMILES string of the molecule is COc1cc(OC)cc(C(NC2CCCCC2)c2nccn2C)c1. The molecule has 0 spiro atoms. The zero-order chi connectivity index (χ0) is 16.9. The van der Waals surface area contributed by atoms with Crippen LogP contribution < -0.4 is 14.8 Å². The minimum absolute atomic E-state index is 0.0251. The number of nitrogens with one attached hydrogen (secondary N) is 1. The summed E-state index contributed by atoms with van der Waals surface area (Å²) in [5.74, 6) is 2.61. The lowest BCUT2D eigenvalue weighted by Crippen LogP contribution is -2.36. The fourth-order valence-corrected chi connectivity index (χ4v) is 3.48. The summed E-state index contributed by atoms with van der Waals surface area (Å²) in [6, 6.07) is 6.59. The minimum atomic E-state index is 0.0251. The van der Waals surface area contributed by atoms with E-state index < -0.39 is 0 Å². The highest BCUT2D eigenvalue weighted by molar-refractivity contribution is 5.41. The third-order valence-electron chi connectivity index (χ3n) is 4.83. The normalized spacial score (nSPS) is 16.8. The number of nitrogens with zero attached hydrogens (tertiary/aromatic N) is 2. The van der Waals surface area contributed by atoms with Crippen LogP contribution in [0.1, 0.15) is 49.5 Å². The molecule has 3 rings (SSSR count). The zero-order valence-corrected chi connectivity index (χ0v) is 14.8. The van der Waals surface area contributed by atoms with Crippen LogP contribution in [-0.4, -0.2) is 29.8 Å². The van der Waals surface area contributed by atoms with Crippen LogP contribution in [0, 0.1) is 0 Å². The van der Waals surface area contributed by atoms with Gasteiger partial charge in [-0.3, -0.25) is 0 Å². The van der Waals surface area contributed by atoms with Crippen molar-refractivity contribution in [3.05, 3.63) is 42.0 Å². The minimum Gasteiger partial charge on any atom is -0.497 e. The van der Waals surface area contributed by atoms with E-state index >= 15 is 0 Å². The van der Waals surface area contributed by atoms with Gasteiger partial charge in [-0.05, 0) is 30.5 Å². The Hall–Kier alpha value is -2.01. The Labute approximate surface area is 144 Å². The van der Waals surface area contributed by atoms with Crippen LogP contribution >= 0.6 is 0 Å². The summed E-state index contributed by atoms with van der Waals surface area (Å²) in [6.07, 6.45) is 10.2. The Morgan fingerprint density at radius 1 is 1.08 bits per heavy atom. The van der Waals surface area contributed by atoms with E-state index in [-0.39, 0.29) is 6.04 Å². The zero-order valence-electron chi connectivity index (χ0n) is 14.8. The molecular weight excluding hydrogens is 302 g/mol. The Bertz CT molecular complexity index is 640. The molecule has 2 aromatic rings. The van der Waals surface area contributed by atoms with Crippen molar-refractivity contribution in [3.63, 3.8) is 0 Å². The number of benzene rings is 1. The third kappa shape index (κ3) is 3.73. The van der Waals surface area contributed by atoms with Crippen LogP contribution in [0.4, 0.5) is 0 Å². The summed E-state index contributed by atoms with van der Waals surface area (Å²) >= 11 is 0. The fourth-order valence-electron chi connectivity index (χ4n) is 3.48. The number of imidazole rings is 1. The molecule has 1 atom stereocenters. The molecule has 1 saturated carbocycles. The number of hydrogen-bond acceptors (Lipinski definition) is 4. The van der Waals surface area contributed by atoms with Crippen molar-refractivity contribution in [2.75, 3.05) is 14.2 Å². The summed E-state index contributed by atoms with van der Waals surface area (Å²) in [4.78, 5) is 4.59. The van der Waals surface area contributed by atoms with Crippen molar-refractivity contribution in [1.82, 2.24) is 14.9 Å². The molecule has 1 aliphatic carbocycles. The molecule has 24 heavy (non-hydrogen) atoms. The van der Waals surface area contributed by atoms with E-state index in [2.05, 4.69) is 27.0 Å². The number of methoxy groups -OCH3 is 2. The van der Waals surface area contributed by atoms with Gasteiger partial charge < -0.3 is 19.4 Å². The molecule has 0 aliphatic heterocycles. The molecule has 0 bridgehead atoms. The maximum Gasteiger partial charge on any atom is 0.130 e. The van der Waals surface area contributed by atoms with Gasteiger partial charge in [-0.25, -0.2) is 4.98 Å². The first-order valence-corrected chi connectivity index (χ1v) is 8.67. The van der Waals surface area contributed by atoms with E-state index in [0.29, 0.717) is 6.04 Å². The first kappa shape index (κ1) is 16.8. The lowest BCUT2D eigenvalue weighted by Gasteiger charge is -2.29. The molecule has 1 aromatic carbocycles. The Balaban J connectivity index is 1.96. The standard InChI is InChI=1S/C19H27N3O2/c1-22-10-9-20-19(22)18(21-15-7-5-4-6-8-15)14-11-16(23-2)13-17(12-14)24-3/h9-13,15,18,21H,4-8H2,1-3H3. The highest BCUT2D eigenvalue weighted by atomic mass is 16.5. The van der Waals surface area contributed by atoms with Gasteiger partial charge in [-0.15, -0.1) is 0 Å². The molecule has 0 saturated heterocycles. The summed E-state index contributed by atoms with van der Waals surface area (Å²) < 4.78 is 13.0. The van der Waals surface area contributed by atoms with E-state index in [0.717, 1.165) is 22.9 Å². The van der Waals surface area contributed by atoms with Gasteiger partial charge in [-0.2, -0.15) is 0 Å². The van der Waals surface area contributed by atoms with Gasteiger partial charge in [0.25, 0.3) is 0 Å². The van der Waals surface area contributed by atoms with Gasteiger partial charge in [0.2, 0.25) is 0 Å². The molecule has 1 N–H and O–H groups in total. The van der Waals surface area contributed by atoms with Gasteiger partial charge in [0.05, 0.1) is 20.3 Å². The molecule has 1 unspecified atom stereocenters. The molecule has 1 aromatic heterocycles. The molecular formula is C19H27N3O2. The topological polar surface area (TPSA) is 48.3 Å². The maximum absolute atomic E-state index is 5.45. The van der Waals surface area contributed by atoms with Crippen LogP contribution in [0.5, 0.6) is 11.5 Å². The second-order valence-electron chi connectivity index (χ2n) is 6.48. The molecule has 0 radical (unpaired) electrons. The number of rotatable bonds is 6. The van der Waals surface area contributed by atoms with E-state index in [1.165, 1.54) is 32.1 Å². The monoisotopic (exact) mass is 329 g/mol. The third-order valence-corrected chi connectivity index (χ3v) is 4.83. The van der Waals surface area contributed by atoms with Crippen LogP contribution in [0.15, 0.2) is 30.6 Å². The lowest BCUT2D eigenvalue weighted by molar-refractivity contribution is 0.345. The molecule has 1 fully saturated rings. The Kier molecular flexibility index (Phi) is 5.41. The van der Waals surface area contributed by atoms with E-state index in [1.54, 1.807) is 14.2 Å². The number of aromatic nitrogens is 2. The second-order valence-corrected chi connectivity index (χ2v) is 6.48. The average Bonchev–Trinajstić information content (AvgIpc) is 3.05. The van der Waals surface area contributed by atoms with E-state index in [1.807, 2.05) is 25.5 Å². The van der Waals surface area contributed by atoms with Gasteiger partial charge in [-0.1, -0.05) is 19.3 Å². The highest BCUT2D eigenvalue weighted by Gasteiger charge is 2.24. The predicted molar refractivity (Wildman–Crippen MR) is 94.6 cm³/mol. The van der Waals surface area contributed by atoms with Crippen molar-refractivity contribution in [1.29, 1.82) is 0 Å². The summed E-state index contributed by atoms with van der Waals surface area (Å²) in [5, 5.41) is 3.82. The van der Waals surface area contributed by atoms with Gasteiger partial charge in [0, 0.05) is 31.5 Å². The van der Waals surface area contributed by atoms with Crippen molar-refractivity contribution in [3.8, 4) is 11.5 Å². The maximum atomic E-state index is 5.45. The lowest BCUT2D eigenvalue weighted by atomic mass is 9.93. The number of hydrogen-bond donors (Lipinski definition) is 1. The second kappa shape index (κ2) is 7.71. The number of aryl methyl sites for hydroxylation is 1. The summed E-state index contributed by atoms with van der Waals surface area (Å²) in [7, 11) is 5.40.